The van der Waals surface area contributed by atoms with Crippen LogP contribution in [-0.2, 0) is 21.0 Å². The lowest BCUT2D eigenvalue weighted by Crippen LogP contribution is -2.38. The molecule has 0 unspecified atom stereocenters. The van der Waals surface area contributed by atoms with Crippen molar-refractivity contribution in [1.82, 2.24) is 4.31 Å². The molecule has 0 spiro atoms. The number of hydrogen-bond acceptors (Lipinski definition) is 4. The Morgan fingerprint density at radius 2 is 1.86 bits per heavy atom. The molecule has 0 atom stereocenters. The summed E-state index contributed by atoms with van der Waals surface area (Å²) in [6, 6.07) is 8.75. The van der Waals surface area contributed by atoms with E-state index in [1.165, 1.54) is 25.3 Å². The van der Waals surface area contributed by atoms with Gasteiger partial charge in [-0.05, 0) is 42.8 Å². The third-order valence-electron chi connectivity index (χ3n) is 4.08. The summed E-state index contributed by atoms with van der Waals surface area (Å²) in [4.78, 5) is 12.2. The molecule has 0 saturated heterocycles. The highest BCUT2D eigenvalue weighted by Crippen LogP contribution is 2.31. The number of rotatable bonds is 7. The molecule has 158 valence electrons. The molecule has 2 aromatic carbocycles. The van der Waals surface area contributed by atoms with Gasteiger partial charge < -0.3 is 10.1 Å². The van der Waals surface area contributed by atoms with Crippen LogP contribution in [0, 0.1) is 6.92 Å². The first-order valence-corrected chi connectivity index (χ1v) is 10.0. The van der Waals surface area contributed by atoms with Gasteiger partial charge in [-0.25, -0.2) is 8.42 Å². The Balaban J connectivity index is 2.23. The van der Waals surface area contributed by atoms with Crippen LogP contribution in [0.1, 0.15) is 18.1 Å². The monoisotopic (exact) mass is 430 g/mol. The second kappa shape index (κ2) is 8.83. The number of anilines is 1. The molecule has 10 heteroatoms. The predicted molar refractivity (Wildman–Crippen MR) is 102 cm³/mol. The molecule has 0 bridgehead atoms. The zero-order valence-electron chi connectivity index (χ0n) is 16.1. The van der Waals surface area contributed by atoms with Crippen LogP contribution < -0.4 is 10.1 Å². The fourth-order valence-corrected chi connectivity index (χ4v) is 4.27. The first-order valence-electron chi connectivity index (χ1n) is 8.61. The zero-order chi connectivity index (χ0) is 21.8. The maximum Gasteiger partial charge on any atom is 0.416 e. The van der Waals surface area contributed by atoms with Crippen molar-refractivity contribution in [2.45, 2.75) is 24.9 Å². The van der Waals surface area contributed by atoms with Crippen LogP contribution in [-0.4, -0.2) is 38.8 Å². The first kappa shape index (κ1) is 22.7. The van der Waals surface area contributed by atoms with Gasteiger partial charge in [0.25, 0.3) is 0 Å². The molecule has 0 aliphatic rings. The van der Waals surface area contributed by atoms with Crippen molar-refractivity contribution < 1.29 is 31.1 Å². The highest BCUT2D eigenvalue weighted by atomic mass is 32.2. The van der Waals surface area contributed by atoms with Crippen LogP contribution in [0.25, 0.3) is 0 Å². The number of alkyl halides is 3. The molecule has 1 amide bonds. The molecule has 0 fully saturated rings. The van der Waals surface area contributed by atoms with Gasteiger partial charge in [-0.1, -0.05) is 19.1 Å². The number of halogens is 3. The molecule has 0 aliphatic heterocycles. The number of carbonyl (C=O) groups excluding carboxylic acids is 1. The van der Waals surface area contributed by atoms with Crippen molar-refractivity contribution in [1.29, 1.82) is 0 Å². The van der Waals surface area contributed by atoms with Crippen molar-refractivity contribution in [3.8, 4) is 5.75 Å². The van der Waals surface area contributed by atoms with E-state index in [1.807, 2.05) is 0 Å². The number of hydrogen-bond donors (Lipinski definition) is 1. The van der Waals surface area contributed by atoms with Gasteiger partial charge in [0.1, 0.15) is 10.6 Å². The number of ether oxygens (including phenoxy) is 1. The molecule has 0 aliphatic carbocycles. The number of carbonyl (C=O) groups is 1. The maximum atomic E-state index is 13.0. The van der Waals surface area contributed by atoms with Crippen LogP contribution in [0.4, 0.5) is 18.9 Å². The summed E-state index contributed by atoms with van der Waals surface area (Å²) in [5.74, 6) is -0.631. The number of nitrogens with one attached hydrogen (secondary N) is 1. The third-order valence-corrected chi connectivity index (χ3v) is 6.03. The van der Waals surface area contributed by atoms with Gasteiger partial charge in [-0.3, -0.25) is 4.79 Å². The summed E-state index contributed by atoms with van der Waals surface area (Å²) in [6.45, 7) is 2.69. The minimum absolute atomic E-state index is 0.0184. The lowest BCUT2D eigenvalue weighted by atomic mass is 10.2. The Morgan fingerprint density at radius 3 is 2.45 bits per heavy atom. The number of amides is 1. The lowest BCUT2D eigenvalue weighted by Gasteiger charge is -2.21. The Bertz CT molecular complexity index is 991. The standard InChI is InChI=1S/C19H21F3N2O4S/c1-4-24(29(26,27)17-10-13(2)8-9-16(17)28-3)12-18(25)23-15-7-5-6-14(11-15)19(20,21)22/h5-11H,4,12H2,1-3H3,(H,23,25). The number of benzene rings is 2. The van der Waals surface area contributed by atoms with Gasteiger partial charge in [0, 0.05) is 12.2 Å². The second-order valence-corrected chi connectivity index (χ2v) is 8.12. The van der Waals surface area contributed by atoms with Crippen LogP contribution >= 0.6 is 0 Å². The van der Waals surface area contributed by atoms with E-state index < -0.39 is 34.2 Å². The SMILES string of the molecule is CCN(CC(=O)Nc1cccc(C(F)(F)F)c1)S(=O)(=O)c1cc(C)ccc1OC. The second-order valence-electron chi connectivity index (χ2n) is 6.21. The maximum absolute atomic E-state index is 13.0. The van der Waals surface area contributed by atoms with Crippen LogP contribution in [0.2, 0.25) is 0 Å². The fourth-order valence-electron chi connectivity index (χ4n) is 2.63. The van der Waals surface area contributed by atoms with E-state index in [0.29, 0.717) is 5.56 Å². The van der Waals surface area contributed by atoms with Crippen LogP contribution in [0.3, 0.4) is 0 Å². The molecular formula is C19H21F3N2O4S. The van der Waals surface area contributed by atoms with E-state index in [1.54, 1.807) is 19.9 Å². The summed E-state index contributed by atoms with van der Waals surface area (Å²) in [7, 11) is -2.73. The highest BCUT2D eigenvalue weighted by Gasteiger charge is 2.31. The Hall–Kier alpha value is -2.59. The van der Waals surface area contributed by atoms with E-state index in [-0.39, 0.29) is 22.9 Å². The molecule has 2 aromatic rings. The number of sulfonamides is 1. The number of aryl methyl sites for hydroxylation is 1. The van der Waals surface area contributed by atoms with Crippen LogP contribution in [0.15, 0.2) is 47.4 Å². The largest absolute Gasteiger partial charge is 0.495 e. The summed E-state index contributed by atoms with van der Waals surface area (Å²) >= 11 is 0. The molecule has 0 aromatic heterocycles. The van der Waals surface area contributed by atoms with E-state index in [4.69, 9.17) is 4.74 Å². The summed E-state index contributed by atoms with van der Waals surface area (Å²) in [5.41, 5.74) is -0.306. The van der Waals surface area contributed by atoms with E-state index >= 15 is 0 Å². The van der Waals surface area contributed by atoms with Crippen molar-refractivity contribution in [3.63, 3.8) is 0 Å². The lowest BCUT2D eigenvalue weighted by molar-refractivity contribution is -0.137. The normalized spacial score (nSPS) is 12.1. The molecule has 0 heterocycles. The molecule has 2 rings (SSSR count). The predicted octanol–water partition coefficient (Wildman–Crippen LogP) is 3.67. The molecular weight excluding hydrogens is 409 g/mol. The van der Waals surface area contributed by atoms with Crippen molar-refractivity contribution in [2.75, 3.05) is 25.5 Å². The van der Waals surface area contributed by atoms with Gasteiger partial charge in [0.2, 0.25) is 15.9 Å². The minimum atomic E-state index is -4.55. The minimum Gasteiger partial charge on any atom is -0.495 e. The topological polar surface area (TPSA) is 75.7 Å². The van der Waals surface area contributed by atoms with E-state index in [9.17, 15) is 26.4 Å². The highest BCUT2D eigenvalue weighted by molar-refractivity contribution is 7.89. The molecule has 6 nitrogen and oxygen atoms in total. The Morgan fingerprint density at radius 1 is 1.17 bits per heavy atom. The van der Waals surface area contributed by atoms with E-state index in [2.05, 4.69) is 5.32 Å². The van der Waals surface area contributed by atoms with Gasteiger partial charge in [-0.15, -0.1) is 0 Å². The Kier molecular flexibility index (Phi) is 6.91. The number of methoxy groups -OCH3 is 1. The molecule has 0 saturated carbocycles. The first-order chi connectivity index (χ1) is 13.5. The Labute approximate surface area is 167 Å². The van der Waals surface area contributed by atoms with Crippen molar-refractivity contribution in [3.05, 3.63) is 53.6 Å². The van der Waals surface area contributed by atoms with E-state index in [0.717, 1.165) is 22.5 Å². The smallest absolute Gasteiger partial charge is 0.416 e. The van der Waals surface area contributed by atoms with Crippen LogP contribution in [0.5, 0.6) is 5.75 Å². The average Bonchev–Trinajstić information content (AvgIpc) is 2.65. The summed E-state index contributed by atoms with van der Waals surface area (Å²) in [5, 5.41) is 2.31. The molecule has 29 heavy (non-hydrogen) atoms. The van der Waals surface area contributed by atoms with Gasteiger partial charge >= 0.3 is 6.18 Å². The zero-order valence-corrected chi connectivity index (χ0v) is 16.9. The fraction of sp³-hybridized carbons (Fsp3) is 0.316. The average molecular weight is 430 g/mol. The quantitative estimate of drug-likeness (QED) is 0.727. The summed E-state index contributed by atoms with van der Waals surface area (Å²) in [6.07, 6.45) is -4.55. The van der Waals surface area contributed by atoms with Gasteiger partial charge in [0.15, 0.2) is 0 Å². The van der Waals surface area contributed by atoms with Crippen molar-refractivity contribution >= 4 is 21.6 Å². The van der Waals surface area contributed by atoms with Gasteiger partial charge in [-0.2, -0.15) is 17.5 Å². The van der Waals surface area contributed by atoms with Gasteiger partial charge in [0.05, 0.1) is 19.2 Å². The number of nitrogens with zero attached hydrogens (tertiary/aromatic N) is 1. The molecule has 1 N–H and O–H groups in total. The van der Waals surface area contributed by atoms with Crippen molar-refractivity contribution in [2.24, 2.45) is 0 Å². The third kappa shape index (κ3) is 5.48. The summed E-state index contributed by atoms with van der Waals surface area (Å²) < 4.78 is 70.4. The molecule has 0 radical (unpaired) electrons. The number of likely N-dealkylation sites (N-methyl/N-ethyl adjacent to an activating group) is 1.